The summed E-state index contributed by atoms with van der Waals surface area (Å²) in [4.78, 5) is 0. The molecule has 15 heavy (non-hydrogen) atoms. The van der Waals surface area contributed by atoms with Gasteiger partial charge < -0.3 is 19.8 Å². The van der Waals surface area contributed by atoms with E-state index < -0.39 is 0 Å². The number of ether oxygens (including phenoxy) is 2. The molecule has 2 N–H and O–H groups in total. The number of methoxy groups -OCH3 is 1. The normalized spacial score (nSPS) is 10.8. The van der Waals surface area contributed by atoms with Gasteiger partial charge in [0, 0.05) is 25.5 Å². The molecule has 0 aliphatic rings. The minimum atomic E-state index is 0.654. The van der Waals surface area contributed by atoms with E-state index in [0.717, 1.165) is 19.6 Å². The molecular formula is C11H20N2O2. The number of rotatable bonds is 8. The Morgan fingerprint density at radius 2 is 2.20 bits per heavy atom. The van der Waals surface area contributed by atoms with E-state index in [1.807, 2.05) is 6.07 Å². The summed E-state index contributed by atoms with van der Waals surface area (Å²) < 4.78 is 12.5. The monoisotopic (exact) mass is 212 g/mol. The van der Waals surface area contributed by atoms with Gasteiger partial charge in [-0.15, -0.1) is 0 Å². The topological polar surface area (TPSA) is 49.4 Å². The maximum absolute atomic E-state index is 5.52. The molecule has 0 spiro atoms. The van der Waals surface area contributed by atoms with Crippen LogP contribution in [0.2, 0.25) is 0 Å². The Morgan fingerprint density at radius 1 is 1.33 bits per heavy atom. The molecule has 0 fully saturated rings. The lowest BCUT2D eigenvalue weighted by atomic mass is 10.3. The average molecular weight is 212 g/mol. The molecule has 0 radical (unpaired) electrons. The molecule has 0 bridgehead atoms. The molecule has 0 saturated heterocycles. The maximum atomic E-state index is 5.52. The van der Waals surface area contributed by atoms with Gasteiger partial charge in [0.05, 0.1) is 19.8 Å². The third-order valence-corrected chi connectivity index (χ3v) is 2.23. The molecule has 0 unspecified atom stereocenters. The first kappa shape index (κ1) is 12.2. The number of nitrogens with zero attached hydrogens (tertiary/aromatic N) is 1. The van der Waals surface area contributed by atoms with Crippen LogP contribution in [0, 0.1) is 0 Å². The molecule has 4 heteroatoms. The number of nitrogens with two attached hydrogens (primary N) is 1. The van der Waals surface area contributed by atoms with Gasteiger partial charge in [0.15, 0.2) is 0 Å². The van der Waals surface area contributed by atoms with Crippen LogP contribution in [0.4, 0.5) is 0 Å². The van der Waals surface area contributed by atoms with Gasteiger partial charge in [0.2, 0.25) is 0 Å². The van der Waals surface area contributed by atoms with Gasteiger partial charge in [-0.2, -0.15) is 0 Å². The highest BCUT2D eigenvalue weighted by molar-refractivity contribution is 5.07. The fraction of sp³-hybridized carbons (Fsp3) is 0.636. The summed E-state index contributed by atoms with van der Waals surface area (Å²) in [7, 11) is 1.68. The molecule has 0 atom stereocenters. The first-order chi connectivity index (χ1) is 7.38. The average Bonchev–Trinajstić information content (AvgIpc) is 2.66. The van der Waals surface area contributed by atoms with E-state index in [1.165, 1.54) is 5.69 Å². The molecule has 0 aromatic carbocycles. The standard InChI is InChI=1S/C11H20N2O2/c1-14-9-10-15-8-7-13-6-2-3-11(13)4-5-12/h2-3,6H,4-5,7-10,12H2,1H3. The third kappa shape index (κ3) is 4.46. The van der Waals surface area contributed by atoms with Crippen LogP contribution < -0.4 is 5.73 Å². The highest BCUT2D eigenvalue weighted by Crippen LogP contribution is 2.02. The van der Waals surface area contributed by atoms with E-state index >= 15 is 0 Å². The van der Waals surface area contributed by atoms with Crippen LogP contribution >= 0.6 is 0 Å². The summed E-state index contributed by atoms with van der Waals surface area (Å²) in [5.41, 5.74) is 6.79. The number of hydrogen-bond donors (Lipinski definition) is 1. The molecule has 0 amide bonds. The molecule has 1 rings (SSSR count). The van der Waals surface area contributed by atoms with Crippen LogP contribution in [0.1, 0.15) is 5.69 Å². The fourth-order valence-electron chi connectivity index (χ4n) is 1.45. The molecule has 1 heterocycles. The highest BCUT2D eigenvalue weighted by atomic mass is 16.5. The van der Waals surface area contributed by atoms with Crippen molar-refractivity contribution in [1.82, 2.24) is 4.57 Å². The minimum Gasteiger partial charge on any atom is -0.382 e. The summed E-state index contributed by atoms with van der Waals surface area (Å²) >= 11 is 0. The summed E-state index contributed by atoms with van der Waals surface area (Å²) in [5.74, 6) is 0. The van der Waals surface area contributed by atoms with E-state index in [0.29, 0.717) is 19.8 Å². The van der Waals surface area contributed by atoms with E-state index in [1.54, 1.807) is 7.11 Å². The highest BCUT2D eigenvalue weighted by Gasteiger charge is 1.99. The van der Waals surface area contributed by atoms with Crippen molar-refractivity contribution in [2.24, 2.45) is 5.73 Å². The molecular weight excluding hydrogens is 192 g/mol. The van der Waals surface area contributed by atoms with Crippen LogP contribution in [0.25, 0.3) is 0 Å². The second-order valence-electron chi connectivity index (χ2n) is 3.34. The van der Waals surface area contributed by atoms with Crippen molar-refractivity contribution in [2.75, 3.05) is 33.5 Å². The van der Waals surface area contributed by atoms with Gasteiger partial charge in [-0.1, -0.05) is 0 Å². The number of hydrogen-bond acceptors (Lipinski definition) is 3. The summed E-state index contributed by atoms with van der Waals surface area (Å²) in [6.45, 7) is 3.60. The van der Waals surface area contributed by atoms with Crippen LogP contribution in [-0.2, 0) is 22.4 Å². The molecule has 0 aliphatic carbocycles. The van der Waals surface area contributed by atoms with Crippen molar-refractivity contribution in [3.8, 4) is 0 Å². The molecule has 86 valence electrons. The summed E-state index contributed by atoms with van der Waals surface area (Å²) in [6.07, 6.45) is 2.98. The summed E-state index contributed by atoms with van der Waals surface area (Å²) in [6, 6.07) is 4.14. The smallest absolute Gasteiger partial charge is 0.0701 e. The van der Waals surface area contributed by atoms with Crippen LogP contribution in [0.15, 0.2) is 18.3 Å². The zero-order valence-electron chi connectivity index (χ0n) is 9.32. The van der Waals surface area contributed by atoms with Crippen molar-refractivity contribution in [2.45, 2.75) is 13.0 Å². The van der Waals surface area contributed by atoms with Crippen molar-refractivity contribution in [1.29, 1.82) is 0 Å². The zero-order chi connectivity index (χ0) is 10.9. The Bertz CT molecular complexity index is 261. The third-order valence-electron chi connectivity index (χ3n) is 2.23. The van der Waals surface area contributed by atoms with Gasteiger partial charge in [0.1, 0.15) is 0 Å². The number of aromatic nitrogens is 1. The Hall–Kier alpha value is -0.840. The first-order valence-corrected chi connectivity index (χ1v) is 5.29. The van der Waals surface area contributed by atoms with E-state index in [9.17, 15) is 0 Å². The van der Waals surface area contributed by atoms with Crippen molar-refractivity contribution >= 4 is 0 Å². The molecule has 4 nitrogen and oxygen atoms in total. The van der Waals surface area contributed by atoms with E-state index in [4.69, 9.17) is 15.2 Å². The Kier molecular flexibility index (Phi) is 6.08. The van der Waals surface area contributed by atoms with Crippen molar-refractivity contribution in [3.63, 3.8) is 0 Å². The molecule has 0 saturated carbocycles. The Balaban J connectivity index is 2.21. The maximum Gasteiger partial charge on any atom is 0.0701 e. The van der Waals surface area contributed by atoms with Crippen LogP contribution in [-0.4, -0.2) is 38.0 Å². The predicted octanol–water partition coefficient (Wildman–Crippen LogP) is 0.652. The first-order valence-electron chi connectivity index (χ1n) is 5.29. The second-order valence-corrected chi connectivity index (χ2v) is 3.34. The Labute approximate surface area is 91.0 Å². The van der Waals surface area contributed by atoms with Gasteiger partial charge in [-0.25, -0.2) is 0 Å². The van der Waals surface area contributed by atoms with E-state index in [-0.39, 0.29) is 0 Å². The Morgan fingerprint density at radius 3 is 2.93 bits per heavy atom. The van der Waals surface area contributed by atoms with Gasteiger partial charge in [-0.05, 0) is 25.1 Å². The quantitative estimate of drug-likeness (QED) is 0.644. The van der Waals surface area contributed by atoms with Gasteiger partial charge in [0.25, 0.3) is 0 Å². The van der Waals surface area contributed by atoms with Gasteiger partial charge >= 0.3 is 0 Å². The predicted molar refractivity (Wildman–Crippen MR) is 59.9 cm³/mol. The van der Waals surface area contributed by atoms with Gasteiger partial charge in [-0.3, -0.25) is 0 Å². The van der Waals surface area contributed by atoms with Crippen LogP contribution in [0.5, 0.6) is 0 Å². The lowest BCUT2D eigenvalue weighted by Crippen LogP contribution is -2.12. The van der Waals surface area contributed by atoms with E-state index in [2.05, 4.69) is 16.8 Å². The summed E-state index contributed by atoms with van der Waals surface area (Å²) in [5, 5.41) is 0. The molecule has 1 aromatic rings. The fourth-order valence-corrected chi connectivity index (χ4v) is 1.45. The largest absolute Gasteiger partial charge is 0.382 e. The SMILES string of the molecule is COCCOCCn1cccc1CCN. The lowest BCUT2D eigenvalue weighted by molar-refractivity contribution is 0.0664. The minimum absolute atomic E-state index is 0.654. The lowest BCUT2D eigenvalue weighted by Gasteiger charge is -2.08. The van der Waals surface area contributed by atoms with Crippen LogP contribution in [0.3, 0.4) is 0 Å². The molecule has 0 aliphatic heterocycles. The zero-order valence-corrected chi connectivity index (χ0v) is 9.32. The molecule has 1 aromatic heterocycles. The van der Waals surface area contributed by atoms with Crippen molar-refractivity contribution in [3.05, 3.63) is 24.0 Å². The second kappa shape index (κ2) is 7.45. The van der Waals surface area contributed by atoms with Crippen molar-refractivity contribution < 1.29 is 9.47 Å².